The van der Waals surface area contributed by atoms with Crippen LogP contribution in [0.2, 0.25) is 0 Å². The van der Waals surface area contributed by atoms with Gasteiger partial charge in [-0.15, -0.1) is 0 Å². The highest BCUT2D eigenvalue weighted by atomic mass is 16.6. The number of aliphatic hydroxyl groups is 1. The zero-order chi connectivity index (χ0) is 16.6. The highest BCUT2D eigenvalue weighted by Crippen LogP contribution is 2.40. The smallest absolute Gasteiger partial charge is 0.343 e. The van der Waals surface area contributed by atoms with Gasteiger partial charge in [0.2, 0.25) is 0 Å². The van der Waals surface area contributed by atoms with Gasteiger partial charge in [-0.25, -0.2) is 4.79 Å². The van der Waals surface area contributed by atoms with Crippen molar-refractivity contribution in [1.82, 2.24) is 0 Å². The maximum Gasteiger partial charge on any atom is 0.343 e. The van der Waals surface area contributed by atoms with Crippen molar-refractivity contribution in [1.29, 1.82) is 0 Å². The molecule has 1 atom stereocenters. The van der Waals surface area contributed by atoms with Crippen molar-refractivity contribution in [3.8, 4) is 0 Å². The van der Waals surface area contributed by atoms with E-state index in [-0.39, 0.29) is 5.76 Å². The average molecular weight is 308 g/mol. The molecule has 23 heavy (non-hydrogen) atoms. The summed E-state index contributed by atoms with van der Waals surface area (Å²) in [5, 5.41) is 10.7. The molecular weight excluding hydrogens is 288 g/mol. The third-order valence-electron chi connectivity index (χ3n) is 4.23. The second-order valence-electron chi connectivity index (χ2n) is 5.93. The summed E-state index contributed by atoms with van der Waals surface area (Å²) >= 11 is 0. The van der Waals surface area contributed by atoms with Crippen LogP contribution in [0.3, 0.4) is 0 Å². The van der Waals surface area contributed by atoms with Crippen LogP contribution in [-0.4, -0.2) is 11.1 Å². The first-order valence-corrected chi connectivity index (χ1v) is 7.82. The molecule has 0 spiro atoms. The molecule has 0 aromatic heterocycles. The predicted octanol–water partition coefficient (Wildman–Crippen LogP) is 4.43. The van der Waals surface area contributed by atoms with Crippen LogP contribution in [-0.2, 0) is 16.0 Å². The van der Waals surface area contributed by atoms with Crippen LogP contribution in [0.1, 0.15) is 40.8 Å². The molecular formula is C20H20O3. The van der Waals surface area contributed by atoms with Gasteiger partial charge in [0.25, 0.3) is 0 Å². The number of aliphatic hydroxyl groups excluding tert-OH is 1. The Morgan fingerprint density at radius 2 is 1.83 bits per heavy atom. The predicted molar refractivity (Wildman–Crippen MR) is 90.1 cm³/mol. The second kappa shape index (κ2) is 5.92. The number of carbonyl (C=O) groups is 1. The first-order chi connectivity index (χ1) is 11.0. The summed E-state index contributed by atoms with van der Waals surface area (Å²) in [4.78, 5) is 12.4. The molecule has 0 radical (unpaired) electrons. The average Bonchev–Trinajstić information content (AvgIpc) is 2.83. The second-order valence-corrected chi connectivity index (χ2v) is 5.93. The Kier molecular flexibility index (Phi) is 3.95. The lowest BCUT2D eigenvalue weighted by atomic mass is 9.90. The molecule has 0 bridgehead atoms. The minimum absolute atomic E-state index is 0.00264. The van der Waals surface area contributed by atoms with E-state index in [2.05, 4.69) is 6.07 Å². The van der Waals surface area contributed by atoms with Crippen molar-refractivity contribution in [2.24, 2.45) is 0 Å². The maximum absolute atomic E-state index is 12.4. The van der Waals surface area contributed by atoms with E-state index in [1.807, 2.05) is 57.2 Å². The van der Waals surface area contributed by atoms with Crippen LogP contribution >= 0.6 is 0 Å². The molecule has 2 aromatic rings. The first kappa shape index (κ1) is 15.3. The van der Waals surface area contributed by atoms with Crippen molar-refractivity contribution < 1.29 is 14.6 Å². The molecule has 1 aliphatic heterocycles. The summed E-state index contributed by atoms with van der Waals surface area (Å²) in [6, 6.07) is 13.4. The van der Waals surface area contributed by atoms with Gasteiger partial charge < -0.3 is 9.84 Å². The fourth-order valence-electron chi connectivity index (χ4n) is 3.23. The molecule has 3 rings (SSSR count). The van der Waals surface area contributed by atoms with E-state index >= 15 is 0 Å². The zero-order valence-corrected chi connectivity index (χ0v) is 13.6. The van der Waals surface area contributed by atoms with Gasteiger partial charge in [0.15, 0.2) is 11.9 Å². The summed E-state index contributed by atoms with van der Waals surface area (Å²) in [5.74, 6) is -0.458. The van der Waals surface area contributed by atoms with E-state index in [1.54, 1.807) is 0 Å². The molecule has 0 aliphatic carbocycles. The van der Waals surface area contributed by atoms with Crippen LogP contribution in [0.15, 0.2) is 48.2 Å². The highest BCUT2D eigenvalue weighted by molar-refractivity contribution is 6.20. The van der Waals surface area contributed by atoms with Gasteiger partial charge in [-0.2, -0.15) is 0 Å². The quantitative estimate of drug-likeness (QED) is 0.853. The highest BCUT2D eigenvalue weighted by Gasteiger charge is 2.37. The number of cyclic esters (lactones) is 1. The monoisotopic (exact) mass is 308 g/mol. The standard InChI is InChI=1S/C20H20O3/c1-4-14-11-12(2)10-13(3)16(14)17-18(21)19(23-20(17)22)15-8-6-5-7-9-15/h5-11,19,21H,4H2,1-3H3. The Bertz CT molecular complexity index is 788. The fraction of sp³-hybridized carbons (Fsp3) is 0.250. The molecule has 1 N–H and O–H groups in total. The Balaban J connectivity index is 2.16. The number of hydrogen-bond acceptors (Lipinski definition) is 3. The van der Waals surface area contributed by atoms with Crippen LogP contribution in [0.5, 0.6) is 0 Å². The van der Waals surface area contributed by atoms with Crippen molar-refractivity contribution >= 4 is 11.5 Å². The van der Waals surface area contributed by atoms with Gasteiger partial charge in [0, 0.05) is 5.56 Å². The van der Waals surface area contributed by atoms with Crippen molar-refractivity contribution in [3.05, 3.63) is 76.0 Å². The van der Waals surface area contributed by atoms with Crippen LogP contribution in [0.25, 0.3) is 5.57 Å². The van der Waals surface area contributed by atoms with Gasteiger partial charge >= 0.3 is 5.97 Å². The van der Waals surface area contributed by atoms with Crippen LogP contribution < -0.4 is 0 Å². The Labute approximate surface area is 136 Å². The van der Waals surface area contributed by atoms with Gasteiger partial charge in [0.1, 0.15) is 5.57 Å². The molecule has 0 saturated heterocycles. The fourth-order valence-corrected chi connectivity index (χ4v) is 3.23. The van der Waals surface area contributed by atoms with Crippen LogP contribution in [0.4, 0.5) is 0 Å². The maximum atomic E-state index is 12.4. The SMILES string of the molecule is CCc1cc(C)cc(C)c1C1=C(O)C(c2ccccc2)OC1=O. The number of ether oxygens (including phenoxy) is 1. The van der Waals surface area contributed by atoms with E-state index in [4.69, 9.17) is 4.74 Å². The van der Waals surface area contributed by atoms with E-state index in [1.165, 1.54) is 0 Å². The summed E-state index contributed by atoms with van der Waals surface area (Å²) in [5.41, 5.74) is 5.06. The van der Waals surface area contributed by atoms with Crippen molar-refractivity contribution in [2.75, 3.05) is 0 Å². The zero-order valence-electron chi connectivity index (χ0n) is 13.6. The molecule has 2 aromatic carbocycles. The van der Waals surface area contributed by atoms with Crippen molar-refractivity contribution in [3.63, 3.8) is 0 Å². The summed E-state index contributed by atoms with van der Waals surface area (Å²) in [7, 11) is 0. The Morgan fingerprint density at radius 1 is 1.13 bits per heavy atom. The molecule has 0 saturated carbocycles. The molecule has 0 fully saturated rings. The number of esters is 1. The van der Waals surface area contributed by atoms with Gasteiger partial charge in [0.05, 0.1) is 0 Å². The lowest BCUT2D eigenvalue weighted by Gasteiger charge is -2.12. The summed E-state index contributed by atoms with van der Waals surface area (Å²) in [6.45, 7) is 6.04. The minimum atomic E-state index is -0.718. The third-order valence-corrected chi connectivity index (χ3v) is 4.23. The Hall–Kier alpha value is -2.55. The van der Waals surface area contributed by atoms with Crippen molar-refractivity contribution in [2.45, 2.75) is 33.3 Å². The topological polar surface area (TPSA) is 46.5 Å². The van der Waals surface area contributed by atoms with Gasteiger partial charge in [-0.05, 0) is 37.0 Å². The minimum Gasteiger partial charge on any atom is -0.507 e. The first-order valence-electron chi connectivity index (χ1n) is 7.82. The molecule has 0 amide bonds. The number of carbonyl (C=O) groups excluding carboxylic acids is 1. The van der Waals surface area contributed by atoms with E-state index in [0.717, 1.165) is 34.2 Å². The molecule has 1 unspecified atom stereocenters. The number of hydrogen-bond donors (Lipinski definition) is 1. The lowest BCUT2D eigenvalue weighted by Crippen LogP contribution is -2.05. The third kappa shape index (κ3) is 2.63. The van der Waals surface area contributed by atoms with Gasteiger partial charge in [-0.3, -0.25) is 0 Å². The lowest BCUT2D eigenvalue weighted by molar-refractivity contribution is -0.138. The molecule has 1 heterocycles. The normalized spacial score (nSPS) is 17.5. The largest absolute Gasteiger partial charge is 0.507 e. The van der Waals surface area contributed by atoms with E-state index < -0.39 is 12.1 Å². The molecule has 3 nitrogen and oxygen atoms in total. The number of aryl methyl sites for hydroxylation is 3. The summed E-state index contributed by atoms with van der Waals surface area (Å²) < 4.78 is 5.45. The molecule has 118 valence electrons. The Morgan fingerprint density at radius 3 is 2.48 bits per heavy atom. The summed E-state index contributed by atoms with van der Waals surface area (Å²) in [6.07, 6.45) is 0.0712. The van der Waals surface area contributed by atoms with Gasteiger partial charge in [-0.1, -0.05) is 55.0 Å². The molecule has 1 aliphatic rings. The number of benzene rings is 2. The number of rotatable bonds is 3. The van der Waals surface area contributed by atoms with E-state index in [9.17, 15) is 9.90 Å². The molecule has 3 heteroatoms. The van der Waals surface area contributed by atoms with E-state index in [0.29, 0.717) is 5.57 Å². The van der Waals surface area contributed by atoms with Crippen LogP contribution in [0, 0.1) is 13.8 Å².